The minimum atomic E-state index is 0.0380. The molecule has 0 aliphatic carbocycles. The number of nitrogens with zero attached hydrogens (tertiary/aromatic N) is 4. The molecule has 1 amide bonds. The van der Waals surface area contributed by atoms with Gasteiger partial charge in [-0.3, -0.25) is 9.48 Å². The summed E-state index contributed by atoms with van der Waals surface area (Å²) in [6, 6.07) is 6.22. The highest BCUT2D eigenvalue weighted by atomic mass is 16.2. The average molecular weight is 391 g/mol. The summed E-state index contributed by atoms with van der Waals surface area (Å²) >= 11 is 0. The van der Waals surface area contributed by atoms with Gasteiger partial charge in [-0.1, -0.05) is 18.2 Å². The molecule has 0 N–H and O–H groups in total. The number of carbonyl (C=O) groups is 1. The molecule has 1 fully saturated rings. The van der Waals surface area contributed by atoms with Gasteiger partial charge in [-0.25, -0.2) is 0 Å². The summed E-state index contributed by atoms with van der Waals surface area (Å²) in [4.78, 5) is 17.3. The summed E-state index contributed by atoms with van der Waals surface area (Å²) in [7, 11) is 4.10. The largest absolute Gasteiger partial charge is 0.309 e. The Bertz CT molecular complexity index is 1010. The molecule has 1 atom stereocenters. The van der Waals surface area contributed by atoms with Gasteiger partial charge in [-0.2, -0.15) is 5.10 Å². The number of hydrogen-bond donors (Lipinski definition) is 0. The molecule has 4 rings (SSSR count). The zero-order valence-corrected chi connectivity index (χ0v) is 17.8. The average Bonchev–Trinajstić information content (AvgIpc) is 3.08. The molecule has 29 heavy (non-hydrogen) atoms. The second kappa shape index (κ2) is 7.99. The first-order valence-electron chi connectivity index (χ1n) is 10.4. The Morgan fingerprint density at radius 1 is 1.21 bits per heavy atom. The number of benzene rings is 1. The number of hydrogen-bond acceptors (Lipinski definition) is 3. The molecule has 0 saturated carbocycles. The molecular formula is C24H30N4O. The van der Waals surface area contributed by atoms with Crippen LogP contribution in [0.15, 0.2) is 54.4 Å². The minimum absolute atomic E-state index is 0.0380. The number of likely N-dealkylation sites (tertiary alicyclic amines) is 1. The molecule has 2 aromatic rings. The number of aryl methyl sites for hydroxylation is 1. The van der Waals surface area contributed by atoms with E-state index in [1.54, 1.807) is 6.08 Å². The molecule has 1 aromatic carbocycles. The maximum atomic E-state index is 13.1. The van der Waals surface area contributed by atoms with E-state index in [0.717, 1.165) is 48.0 Å². The predicted octanol–water partition coefficient (Wildman–Crippen LogP) is 3.99. The van der Waals surface area contributed by atoms with E-state index in [9.17, 15) is 4.79 Å². The third-order valence-corrected chi connectivity index (χ3v) is 6.15. The van der Waals surface area contributed by atoms with Crippen molar-refractivity contribution in [2.24, 2.45) is 13.0 Å². The van der Waals surface area contributed by atoms with Gasteiger partial charge in [-0.15, -0.1) is 0 Å². The van der Waals surface area contributed by atoms with Gasteiger partial charge in [-0.05, 0) is 81.6 Å². The van der Waals surface area contributed by atoms with Gasteiger partial charge in [0.05, 0.1) is 11.6 Å². The van der Waals surface area contributed by atoms with Crippen molar-refractivity contribution in [3.8, 4) is 0 Å². The van der Waals surface area contributed by atoms with Gasteiger partial charge in [0.15, 0.2) is 0 Å². The highest BCUT2D eigenvalue weighted by Crippen LogP contribution is 2.29. The van der Waals surface area contributed by atoms with E-state index in [4.69, 9.17) is 0 Å². The monoisotopic (exact) mass is 390 g/mol. The highest BCUT2D eigenvalue weighted by Gasteiger charge is 2.24. The quantitative estimate of drug-likeness (QED) is 0.744. The van der Waals surface area contributed by atoms with Crippen molar-refractivity contribution in [3.05, 3.63) is 60.0 Å². The molecule has 2 aliphatic heterocycles. The van der Waals surface area contributed by atoms with Crippen molar-refractivity contribution in [2.45, 2.75) is 32.7 Å². The number of piperidine rings is 1. The number of amides is 1. The van der Waals surface area contributed by atoms with Gasteiger partial charge >= 0.3 is 0 Å². The van der Waals surface area contributed by atoms with Gasteiger partial charge in [0.25, 0.3) is 5.91 Å². The fraction of sp³-hybridized carbons (Fsp3) is 0.417. The lowest BCUT2D eigenvalue weighted by Gasteiger charge is -2.33. The summed E-state index contributed by atoms with van der Waals surface area (Å²) in [5.74, 6) is 0.583. The fourth-order valence-electron chi connectivity index (χ4n) is 4.25. The second-order valence-electron chi connectivity index (χ2n) is 8.46. The molecule has 5 heteroatoms. The summed E-state index contributed by atoms with van der Waals surface area (Å²) < 4.78 is 1.82. The molecule has 1 aromatic heterocycles. The Morgan fingerprint density at radius 3 is 2.72 bits per heavy atom. The maximum Gasteiger partial charge on any atom is 0.251 e. The van der Waals surface area contributed by atoms with Gasteiger partial charge in [0.2, 0.25) is 0 Å². The van der Waals surface area contributed by atoms with Crippen LogP contribution in [0.5, 0.6) is 0 Å². The minimum Gasteiger partial charge on any atom is -0.309 e. The number of allylic oxidation sites excluding steroid dienone is 3. The SMILES string of the molecule is C/C(=C\C(=O)N1C=C(C2CCN(C)CC2)C=CC1C)c1ccc2nn(C)cc2c1. The summed E-state index contributed by atoms with van der Waals surface area (Å²) in [5, 5.41) is 5.51. The first-order valence-corrected chi connectivity index (χ1v) is 10.4. The van der Waals surface area contributed by atoms with Gasteiger partial charge in [0.1, 0.15) is 0 Å². The lowest BCUT2D eigenvalue weighted by atomic mass is 9.88. The summed E-state index contributed by atoms with van der Waals surface area (Å²) in [5.41, 5.74) is 4.28. The maximum absolute atomic E-state index is 13.1. The Hall–Kier alpha value is -2.66. The van der Waals surface area contributed by atoms with Crippen molar-refractivity contribution in [1.82, 2.24) is 19.6 Å². The van der Waals surface area contributed by atoms with Crippen molar-refractivity contribution in [1.29, 1.82) is 0 Å². The van der Waals surface area contributed by atoms with E-state index in [-0.39, 0.29) is 11.9 Å². The zero-order valence-electron chi connectivity index (χ0n) is 17.8. The first kappa shape index (κ1) is 19.6. The van der Waals surface area contributed by atoms with Crippen LogP contribution in [-0.4, -0.2) is 51.7 Å². The lowest BCUT2D eigenvalue weighted by Crippen LogP contribution is -2.36. The predicted molar refractivity (Wildman–Crippen MR) is 118 cm³/mol. The lowest BCUT2D eigenvalue weighted by molar-refractivity contribution is -0.124. The Kier molecular flexibility index (Phi) is 5.41. The van der Waals surface area contributed by atoms with Crippen LogP contribution < -0.4 is 0 Å². The van der Waals surface area contributed by atoms with Crippen LogP contribution in [-0.2, 0) is 11.8 Å². The zero-order chi connectivity index (χ0) is 20.5. The van der Waals surface area contributed by atoms with Crippen molar-refractivity contribution >= 4 is 22.4 Å². The van der Waals surface area contributed by atoms with Crippen LogP contribution in [0, 0.1) is 5.92 Å². The van der Waals surface area contributed by atoms with E-state index in [2.05, 4.69) is 48.4 Å². The van der Waals surface area contributed by atoms with Crippen LogP contribution >= 0.6 is 0 Å². The standard InChI is InChI=1S/C24H30N4O/c1-17(20-7-8-23-22(14-20)15-27(4)25-23)13-24(29)28-16-21(6-5-18(28)2)19-9-11-26(3)12-10-19/h5-8,13-16,18-19H,9-12H2,1-4H3/b17-13+. The van der Waals surface area contributed by atoms with Crippen LogP contribution in [0.4, 0.5) is 0 Å². The van der Waals surface area contributed by atoms with Crippen LogP contribution in [0.3, 0.4) is 0 Å². The topological polar surface area (TPSA) is 41.4 Å². The van der Waals surface area contributed by atoms with Crippen molar-refractivity contribution in [3.63, 3.8) is 0 Å². The highest BCUT2D eigenvalue weighted by molar-refractivity contribution is 5.97. The molecule has 2 aliphatic rings. The Balaban J connectivity index is 1.54. The number of aromatic nitrogens is 2. The number of fused-ring (bicyclic) bond motifs is 1. The number of rotatable bonds is 3. The van der Waals surface area contributed by atoms with Crippen molar-refractivity contribution in [2.75, 3.05) is 20.1 Å². The number of carbonyl (C=O) groups excluding carboxylic acids is 1. The van der Waals surface area contributed by atoms with Crippen LogP contribution in [0.1, 0.15) is 32.3 Å². The molecule has 3 heterocycles. The third kappa shape index (κ3) is 4.20. The molecule has 152 valence electrons. The molecule has 5 nitrogen and oxygen atoms in total. The van der Waals surface area contributed by atoms with Crippen LogP contribution in [0.2, 0.25) is 0 Å². The van der Waals surface area contributed by atoms with E-state index >= 15 is 0 Å². The molecular weight excluding hydrogens is 360 g/mol. The molecule has 0 spiro atoms. The van der Waals surface area contributed by atoms with Gasteiger partial charge < -0.3 is 9.80 Å². The van der Waals surface area contributed by atoms with E-state index in [1.807, 2.05) is 41.9 Å². The van der Waals surface area contributed by atoms with E-state index in [0.29, 0.717) is 5.92 Å². The van der Waals surface area contributed by atoms with Gasteiger partial charge in [0, 0.05) is 30.9 Å². The normalized spacial score (nSPS) is 21.7. The summed E-state index contributed by atoms with van der Waals surface area (Å²) in [6.45, 7) is 6.31. The Labute approximate surface area is 173 Å². The summed E-state index contributed by atoms with van der Waals surface area (Å²) in [6.07, 6.45) is 12.5. The second-order valence-corrected chi connectivity index (χ2v) is 8.46. The van der Waals surface area contributed by atoms with Crippen molar-refractivity contribution < 1.29 is 4.79 Å². The molecule has 0 bridgehead atoms. The molecule has 0 radical (unpaired) electrons. The molecule has 1 saturated heterocycles. The van der Waals surface area contributed by atoms with E-state index < -0.39 is 0 Å². The smallest absolute Gasteiger partial charge is 0.251 e. The fourth-order valence-corrected chi connectivity index (χ4v) is 4.25. The first-order chi connectivity index (χ1) is 13.9. The molecule has 1 unspecified atom stereocenters. The third-order valence-electron chi connectivity index (χ3n) is 6.15. The van der Waals surface area contributed by atoms with Crippen LogP contribution in [0.25, 0.3) is 16.5 Å². The van der Waals surface area contributed by atoms with E-state index in [1.165, 1.54) is 5.57 Å². The Morgan fingerprint density at radius 2 is 1.97 bits per heavy atom.